The third-order valence-corrected chi connectivity index (χ3v) is 4.14. The molecule has 1 amide bonds. The van der Waals surface area contributed by atoms with Gasteiger partial charge in [-0.2, -0.15) is 0 Å². The number of benzene rings is 1. The van der Waals surface area contributed by atoms with Crippen LogP contribution in [0.1, 0.15) is 32.9 Å². The predicted molar refractivity (Wildman–Crippen MR) is 102 cm³/mol. The first-order chi connectivity index (χ1) is 12.4. The molecule has 0 bridgehead atoms. The van der Waals surface area contributed by atoms with E-state index in [9.17, 15) is 4.79 Å². The molecule has 0 aliphatic rings. The molecule has 0 fully saturated rings. The van der Waals surface area contributed by atoms with E-state index < -0.39 is 0 Å². The Kier molecular flexibility index (Phi) is 6.77. The summed E-state index contributed by atoms with van der Waals surface area (Å²) in [7, 11) is 5.23. The zero-order valence-electron chi connectivity index (χ0n) is 16.1. The van der Waals surface area contributed by atoms with Gasteiger partial charge in [-0.1, -0.05) is 17.3 Å². The molecule has 0 radical (unpaired) electrons. The van der Waals surface area contributed by atoms with E-state index in [1.54, 1.807) is 26.0 Å². The smallest absolute Gasteiger partial charge is 0.253 e. The lowest BCUT2D eigenvalue weighted by atomic mass is 10.1. The second-order valence-electron chi connectivity index (χ2n) is 6.30. The van der Waals surface area contributed by atoms with Gasteiger partial charge in [-0.3, -0.25) is 9.79 Å². The second-order valence-corrected chi connectivity index (χ2v) is 6.30. The molecular weight excluding hydrogens is 330 g/mol. The van der Waals surface area contributed by atoms with Crippen LogP contribution in [-0.4, -0.2) is 49.6 Å². The first kappa shape index (κ1) is 19.5. The molecule has 0 saturated carbocycles. The molecular formula is C19H27N5O2. The number of carbonyl (C=O) groups excluding carboxylic acids is 1. The van der Waals surface area contributed by atoms with Crippen molar-refractivity contribution >= 4 is 11.9 Å². The van der Waals surface area contributed by atoms with Crippen LogP contribution in [0.3, 0.4) is 0 Å². The summed E-state index contributed by atoms with van der Waals surface area (Å²) in [6.07, 6.45) is 0.823. The normalized spacial score (nSPS) is 11.3. The highest BCUT2D eigenvalue weighted by Crippen LogP contribution is 2.12. The van der Waals surface area contributed by atoms with Gasteiger partial charge in [0.15, 0.2) is 5.96 Å². The minimum atomic E-state index is 0.00121. The van der Waals surface area contributed by atoms with Gasteiger partial charge in [0.1, 0.15) is 5.76 Å². The van der Waals surface area contributed by atoms with Gasteiger partial charge in [0.25, 0.3) is 5.91 Å². The highest BCUT2D eigenvalue weighted by molar-refractivity contribution is 5.93. The molecule has 0 saturated heterocycles. The van der Waals surface area contributed by atoms with E-state index in [-0.39, 0.29) is 5.91 Å². The average molecular weight is 357 g/mol. The lowest BCUT2D eigenvalue weighted by Crippen LogP contribution is -2.37. The number of hydrogen-bond donors (Lipinski definition) is 2. The molecule has 2 N–H and O–H groups in total. The topological polar surface area (TPSA) is 82.8 Å². The van der Waals surface area contributed by atoms with E-state index in [1.807, 2.05) is 38.1 Å². The average Bonchev–Trinajstić information content (AvgIpc) is 2.96. The SMILES string of the molecule is CN=C(NCCc1c(C)noc1C)NCc1ccc(C(=O)N(C)C)cc1. The molecule has 1 heterocycles. The standard InChI is InChI=1S/C19H27N5O2/c1-13-17(14(2)26-23-13)10-11-21-19(20-3)22-12-15-6-8-16(9-7-15)18(25)24(4)5/h6-9H,10-12H2,1-5H3,(H2,20,21,22). The van der Waals surface area contributed by atoms with Crippen molar-refractivity contribution in [1.29, 1.82) is 0 Å². The molecule has 140 valence electrons. The van der Waals surface area contributed by atoms with Crippen molar-refractivity contribution in [2.45, 2.75) is 26.8 Å². The first-order valence-electron chi connectivity index (χ1n) is 8.59. The fourth-order valence-corrected chi connectivity index (χ4v) is 2.59. The summed E-state index contributed by atoms with van der Waals surface area (Å²) in [4.78, 5) is 17.7. The van der Waals surface area contributed by atoms with Crippen LogP contribution in [0.15, 0.2) is 33.8 Å². The molecule has 0 atom stereocenters. The number of rotatable bonds is 6. The van der Waals surface area contributed by atoms with Crippen molar-refractivity contribution in [3.05, 3.63) is 52.4 Å². The van der Waals surface area contributed by atoms with Crippen molar-refractivity contribution in [3.8, 4) is 0 Å². The van der Waals surface area contributed by atoms with Crippen LogP contribution >= 0.6 is 0 Å². The summed E-state index contributed by atoms with van der Waals surface area (Å²) in [5.74, 6) is 1.59. The van der Waals surface area contributed by atoms with Crippen molar-refractivity contribution in [1.82, 2.24) is 20.7 Å². The Labute approximate surface area is 154 Å². The fraction of sp³-hybridized carbons (Fsp3) is 0.421. The third-order valence-electron chi connectivity index (χ3n) is 4.14. The van der Waals surface area contributed by atoms with Crippen LogP contribution in [0.25, 0.3) is 0 Å². The van der Waals surface area contributed by atoms with Crippen LogP contribution in [0.2, 0.25) is 0 Å². The number of aliphatic imine (C=N–C) groups is 1. The number of aryl methyl sites for hydroxylation is 2. The van der Waals surface area contributed by atoms with Crippen molar-refractivity contribution in [3.63, 3.8) is 0 Å². The largest absolute Gasteiger partial charge is 0.361 e. The number of amides is 1. The Morgan fingerprint density at radius 3 is 2.42 bits per heavy atom. The molecule has 26 heavy (non-hydrogen) atoms. The predicted octanol–water partition coefficient (Wildman–Crippen LogP) is 1.90. The molecule has 2 rings (SSSR count). The van der Waals surface area contributed by atoms with E-state index in [0.717, 1.165) is 41.5 Å². The van der Waals surface area contributed by atoms with E-state index in [0.29, 0.717) is 12.1 Å². The van der Waals surface area contributed by atoms with Crippen LogP contribution in [0.5, 0.6) is 0 Å². The molecule has 1 aromatic heterocycles. The Morgan fingerprint density at radius 2 is 1.88 bits per heavy atom. The number of aromatic nitrogens is 1. The molecule has 0 aliphatic carbocycles. The van der Waals surface area contributed by atoms with Crippen LogP contribution < -0.4 is 10.6 Å². The summed E-state index contributed by atoms with van der Waals surface area (Å²) in [6.45, 7) is 5.23. The van der Waals surface area contributed by atoms with Gasteiger partial charge in [0.2, 0.25) is 0 Å². The summed E-state index contributed by atoms with van der Waals surface area (Å²) in [6, 6.07) is 7.57. The Bertz CT molecular complexity index is 743. The highest BCUT2D eigenvalue weighted by Gasteiger charge is 2.09. The molecule has 7 nitrogen and oxygen atoms in total. The number of nitrogens with one attached hydrogen (secondary N) is 2. The molecule has 2 aromatic rings. The van der Waals surface area contributed by atoms with Crippen LogP contribution in [0.4, 0.5) is 0 Å². The van der Waals surface area contributed by atoms with Gasteiger partial charge >= 0.3 is 0 Å². The van der Waals surface area contributed by atoms with E-state index in [4.69, 9.17) is 4.52 Å². The molecule has 7 heteroatoms. The van der Waals surface area contributed by atoms with Gasteiger partial charge in [0, 0.05) is 45.4 Å². The molecule has 0 unspecified atom stereocenters. The lowest BCUT2D eigenvalue weighted by Gasteiger charge is -2.13. The van der Waals surface area contributed by atoms with Gasteiger partial charge in [-0.05, 0) is 38.0 Å². The lowest BCUT2D eigenvalue weighted by molar-refractivity contribution is 0.0827. The fourth-order valence-electron chi connectivity index (χ4n) is 2.59. The quantitative estimate of drug-likeness (QED) is 0.609. The maximum absolute atomic E-state index is 11.9. The summed E-state index contributed by atoms with van der Waals surface area (Å²) in [5, 5.41) is 10.5. The summed E-state index contributed by atoms with van der Waals surface area (Å²) in [5.41, 5.74) is 3.82. The van der Waals surface area contributed by atoms with Crippen molar-refractivity contribution < 1.29 is 9.32 Å². The number of nitrogens with zero attached hydrogens (tertiary/aromatic N) is 3. The highest BCUT2D eigenvalue weighted by atomic mass is 16.5. The minimum Gasteiger partial charge on any atom is -0.361 e. The monoisotopic (exact) mass is 357 g/mol. The van der Waals surface area contributed by atoms with E-state index >= 15 is 0 Å². The first-order valence-corrected chi connectivity index (χ1v) is 8.59. The van der Waals surface area contributed by atoms with Gasteiger partial charge < -0.3 is 20.1 Å². The maximum atomic E-state index is 11.9. The van der Waals surface area contributed by atoms with Gasteiger partial charge in [0.05, 0.1) is 5.69 Å². The van der Waals surface area contributed by atoms with E-state index in [1.165, 1.54) is 0 Å². The number of hydrogen-bond acceptors (Lipinski definition) is 4. The molecule has 1 aromatic carbocycles. The van der Waals surface area contributed by atoms with Crippen LogP contribution in [0, 0.1) is 13.8 Å². The van der Waals surface area contributed by atoms with E-state index in [2.05, 4.69) is 20.8 Å². The third kappa shape index (κ3) is 5.08. The summed E-state index contributed by atoms with van der Waals surface area (Å²) >= 11 is 0. The minimum absolute atomic E-state index is 0.00121. The zero-order chi connectivity index (χ0) is 19.1. The number of carbonyl (C=O) groups is 1. The summed E-state index contributed by atoms with van der Waals surface area (Å²) < 4.78 is 5.17. The Balaban J connectivity index is 1.82. The Hall–Kier alpha value is -2.83. The zero-order valence-corrected chi connectivity index (χ0v) is 16.1. The molecule has 0 aliphatic heterocycles. The number of guanidine groups is 1. The second kappa shape index (κ2) is 9.03. The molecule has 0 spiro atoms. The maximum Gasteiger partial charge on any atom is 0.253 e. The van der Waals surface area contributed by atoms with Crippen molar-refractivity contribution in [2.75, 3.05) is 27.7 Å². The van der Waals surface area contributed by atoms with Crippen molar-refractivity contribution in [2.24, 2.45) is 4.99 Å². The Morgan fingerprint density at radius 1 is 1.19 bits per heavy atom. The van der Waals surface area contributed by atoms with Gasteiger partial charge in [-0.15, -0.1) is 0 Å². The van der Waals surface area contributed by atoms with Crippen LogP contribution in [-0.2, 0) is 13.0 Å². The van der Waals surface area contributed by atoms with Gasteiger partial charge in [-0.25, -0.2) is 0 Å².